The Labute approximate surface area is 130 Å². The number of hydrogen-bond donors (Lipinski definition) is 1. The summed E-state index contributed by atoms with van der Waals surface area (Å²) in [6.07, 6.45) is 4.61. The van der Waals surface area contributed by atoms with Crippen LogP contribution in [0.4, 0.5) is 0 Å². The van der Waals surface area contributed by atoms with E-state index in [1.54, 1.807) is 4.90 Å². The van der Waals surface area contributed by atoms with Crippen molar-refractivity contribution < 1.29 is 4.79 Å². The van der Waals surface area contributed by atoms with Crippen molar-refractivity contribution in [2.24, 2.45) is 0 Å². The summed E-state index contributed by atoms with van der Waals surface area (Å²) in [5.41, 5.74) is 0. The minimum absolute atomic E-state index is 0.106. The van der Waals surface area contributed by atoms with Crippen LogP contribution >= 0.6 is 24.0 Å². The number of rotatable bonds is 8. The van der Waals surface area contributed by atoms with Gasteiger partial charge >= 0.3 is 0 Å². The Bertz CT molecular complexity index is 434. The highest BCUT2D eigenvalue weighted by Gasteiger charge is 2.23. The second-order valence-corrected chi connectivity index (χ2v) is 6.33. The van der Waals surface area contributed by atoms with Crippen molar-refractivity contribution in [3.05, 3.63) is 30.3 Å². The summed E-state index contributed by atoms with van der Waals surface area (Å²) in [6, 6.07) is 10.5. The van der Waals surface area contributed by atoms with Gasteiger partial charge in [-0.05, 0) is 42.9 Å². The second-order valence-electron chi connectivity index (χ2n) is 4.78. The molecular formula is C15H20N2OS2. The van der Waals surface area contributed by atoms with Crippen LogP contribution in [0.5, 0.6) is 0 Å². The number of thiocarbonyl (C=S) groups is 1. The number of benzene rings is 1. The van der Waals surface area contributed by atoms with E-state index in [1.165, 1.54) is 17.7 Å². The van der Waals surface area contributed by atoms with Crippen molar-refractivity contribution in [1.82, 2.24) is 10.2 Å². The molecule has 1 aromatic rings. The molecule has 1 heterocycles. The van der Waals surface area contributed by atoms with Crippen LogP contribution in [-0.4, -0.2) is 34.8 Å². The molecule has 0 spiro atoms. The molecule has 20 heavy (non-hydrogen) atoms. The van der Waals surface area contributed by atoms with Crippen molar-refractivity contribution in [2.45, 2.75) is 30.6 Å². The van der Waals surface area contributed by atoms with Gasteiger partial charge in [0, 0.05) is 11.4 Å². The number of carbonyl (C=O) groups excluding carboxylic acids is 1. The summed E-state index contributed by atoms with van der Waals surface area (Å²) in [4.78, 5) is 14.5. The van der Waals surface area contributed by atoms with Gasteiger partial charge in [0.05, 0.1) is 6.54 Å². The first kappa shape index (κ1) is 15.3. The molecular weight excluding hydrogens is 288 g/mol. The standard InChI is InChI=1S/C15H20N2OS2/c18-14-12-16-15(19)17(14)10-6-1-2-7-11-20-13-8-4-3-5-9-13/h3-5,8-9H,1-2,6-7,10-12H2,(H,16,19). The van der Waals surface area contributed by atoms with E-state index in [1.807, 2.05) is 17.8 Å². The van der Waals surface area contributed by atoms with Gasteiger partial charge in [-0.3, -0.25) is 9.69 Å². The average Bonchev–Trinajstić information content (AvgIpc) is 2.79. The van der Waals surface area contributed by atoms with Crippen molar-refractivity contribution in [3.63, 3.8) is 0 Å². The number of amides is 1. The van der Waals surface area contributed by atoms with Crippen LogP contribution < -0.4 is 5.32 Å². The van der Waals surface area contributed by atoms with Gasteiger partial charge in [-0.2, -0.15) is 0 Å². The molecule has 0 radical (unpaired) electrons. The van der Waals surface area contributed by atoms with Crippen LogP contribution in [0.25, 0.3) is 0 Å². The summed E-state index contributed by atoms with van der Waals surface area (Å²) >= 11 is 6.99. The van der Waals surface area contributed by atoms with Crippen LogP contribution in [0.3, 0.4) is 0 Å². The molecule has 0 atom stereocenters. The zero-order valence-corrected chi connectivity index (χ0v) is 13.1. The smallest absolute Gasteiger partial charge is 0.248 e. The van der Waals surface area contributed by atoms with Crippen LogP contribution in [-0.2, 0) is 4.79 Å². The fourth-order valence-corrected chi connectivity index (χ4v) is 3.31. The quantitative estimate of drug-likeness (QED) is 0.454. The Kier molecular flexibility index (Phi) is 6.33. The van der Waals surface area contributed by atoms with E-state index in [-0.39, 0.29) is 5.91 Å². The third kappa shape index (κ3) is 4.80. The highest BCUT2D eigenvalue weighted by molar-refractivity contribution is 7.99. The summed E-state index contributed by atoms with van der Waals surface area (Å²) in [7, 11) is 0. The molecule has 2 rings (SSSR count). The SMILES string of the molecule is O=C1CNC(=S)N1CCCCCCSc1ccccc1. The summed E-state index contributed by atoms with van der Waals surface area (Å²) in [5, 5.41) is 3.50. The van der Waals surface area contributed by atoms with Crippen molar-refractivity contribution in [3.8, 4) is 0 Å². The van der Waals surface area contributed by atoms with Gasteiger partial charge in [0.2, 0.25) is 5.91 Å². The maximum Gasteiger partial charge on any atom is 0.248 e. The molecule has 5 heteroatoms. The molecule has 1 aliphatic heterocycles. The van der Waals surface area contributed by atoms with E-state index >= 15 is 0 Å². The number of carbonyl (C=O) groups is 1. The van der Waals surface area contributed by atoms with Crippen LogP contribution in [0.15, 0.2) is 35.2 Å². The number of unbranched alkanes of at least 4 members (excludes halogenated alkanes) is 3. The summed E-state index contributed by atoms with van der Waals surface area (Å²) < 4.78 is 0. The lowest BCUT2D eigenvalue weighted by molar-refractivity contribution is -0.124. The molecule has 1 aliphatic rings. The molecule has 0 saturated carbocycles. The summed E-state index contributed by atoms with van der Waals surface area (Å²) in [5.74, 6) is 1.27. The maximum atomic E-state index is 11.5. The van der Waals surface area contributed by atoms with Gasteiger partial charge in [0.15, 0.2) is 5.11 Å². The minimum Gasteiger partial charge on any atom is -0.353 e. The molecule has 0 aliphatic carbocycles. The largest absolute Gasteiger partial charge is 0.353 e. The molecule has 0 unspecified atom stereocenters. The van der Waals surface area contributed by atoms with Gasteiger partial charge < -0.3 is 5.32 Å². The van der Waals surface area contributed by atoms with E-state index in [9.17, 15) is 4.79 Å². The van der Waals surface area contributed by atoms with E-state index in [0.717, 1.165) is 25.1 Å². The molecule has 108 valence electrons. The Morgan fingerprint density at radius 1 is 1.15 bits per heavy atom. The lowest BCUT2D eigenvalue weighted by atomic mass is 10.2. The lowest BCUT2D eigenvalue weighted by Crippen LogP contribution is -2.31. The molecule has 3 nitrogen and oxygen atoms in total. The predicted octanol–water partition coefficient (Wildman–Crippen LogP) is 3.06. The van der Waals surface area contributed by atoms with E-state index in [4.69, 9.17) is 12.2 Å². The molecule has 1 amide bonds. The highest BCUT2D eigenvalue weighted by Crippen LogP contribution is 2.19. The second kappa shape index (κ2) is 8.27. The van der Waals surface area contributed by atoms with Gasteiger partial charge in [0.25, 0.3) is 0 Å². The zero-order chi connectivity index (χ0) is 14.2. The van der Waals surface area contributed by atoms with E-state index in [0.29, 0.717) is 11.7 Å². The van der Waals surface area contributed by atoms with Crippen LogP contribution in [0, 0.1) is 0 Å². The fourth-order valence-electron chi connectivity index (χ4n) is 2.11. The predicted molar refractivity (Wildman–Crippen MR) is 87.9 cm³/mol. The first-order valence-electron chi connectivity index (χ1n) is 7.03. The third-order valence-electron chi connectivity index (χ3n) is 3.23. The molecule has 0 aromatic heterocycles. The minimum atomic E-state index is 0.106. The monoisotopic (exact) mass is 308 g/mol. The van der Waals surface area contributed by atoms with E-state index in [2.05, 4.69) is 29.6 Å². The molecule has 1 aromatic carbocycles. The Morgan fingerprint density at radius 3 is 2.60 bits per heavy atom. The lowest BCUT2D eigenvalue weighted by Gasteiger charge is -2.13. The number of hydrogen-bond acceptors (Lipinski definition) is 3. The van der Waals surface area contributed by atoms with Gasteiger partial charge in [-0.1, -0.05) is 31.0 Å². The van der Waals surface area contributed by atoms with Gasteiger partial charge in [-0.25, -0.2) is 0 Å². The highest BCUT2D eigenvalue weighted by atomic mass is 32.2. The topological polar surface area (TPSA) is 32.3 Å². The first-order valence-corrected chi connectivity index (χ1v) is 8.43. The fraction of sp³-hybridized carbons (Fsp3) is 0.467. The molecule has 1 saturated heterocycles. The number of nitrogens with zero attached hydrogens (tertiary/aromatic N) is 1. The molecule has 1 N–H and O–H groups in total. The molecule has 0 bridgehead atoms. The van der Waals surface area contributed by atoms with Crippen molar-refractivity contribution in [2.75, 3.05) is 18.8 Å². The zero-order valence-electron chi connectivity index (χ0n) is 11.5. The first-order chi connectivity index (χ1) is 9.77. The Hall–Kier alpha value is -1.07. The van der Waals surface area contributed by atoms with Crippen molar-refractivity contribution >= 4 is 35.0 Å². The van der Waals surface area contributed by atoms with Crippen LogP contribution in [0.1, 0.15) is 25.7 Å². The van der Waals surface area contributed by atoms with Gasteiger partial charge in [-0.15, -0.1) is 11.8 Å². The Balaban J connectivity index is 1.50. The van der Waals surface area contributed by atoms with Crippen molar-refractivity contribution in [1.29, 1.82) is 0 Å². The maximum absolute atomic E-state index is 11.5. The summed E-state index contributed by atoms with van der Waals surface area (Å²) in [6.45, 7) is 1.13. The number of thioether (sulfide) groups is 1. The van der Waals surface area contributed by atoms with E-state index < -0.39 is 0 Å². The Morgan fingerprint density at radius 2 is 1.90 bits per heavy atom. The average molecular weight is 308 g/mol. The number of nitrogens with one attached hydrogen (secondary N) is 1. The third-order valence-corrected chi connectivity index (χ3v) is 4.69. The van der Waals surface area contributed by atoms with Gasteiger partial charge in [0.1, 0.15) is 0 Å². The normalized spacial score (nSPS) is 14.7. The molecule has 1 fully saturated rings. The van der Waals surface area contributed by atoms with Crippen LogP contribution in [0.2, 0.25) is 0 Å².